The average Bonchev–Trinajstić information content (AvgIpc) is 2.44. The molecule has 1 aromatic rings. The van der Waals surface area contributed by atoms with Crippen molar-refractivity contribution in [2.75, 3.05) is 26.8 Å². The minimum atomic E-state index is -0.121. The molecule has 1 amide bonds. The molecule has 0 aliphatic heterocycles. The minimum absolute atomic E-state index is 0.0387. The highest BCUT2D eigenvalue weighted by Gasteiger charge is 2.05. The van der Waals surface area contributed by atoms with E-state index in [1.54, 1.807) is 7.11 Å². The molecule has 3 N–H and O–H groups in total. The number of rotatable bonds is 8. The predicted octanol–water partition coefficient (Wildman–Crippen LogP) is 1.10. The zero-order valence-corrected chi connectivity index (χ0v) is 11.6. The number of methoxy groups -OCH3 is 1. The number of aryl methyl sites for hydroxylation is 1. The minimum Gasteiger partial charge on any atom is -0.493 e. The van der Waals surface area contributed by atoms with Crippen LogP contribution in [-0.2, 0) is 11.2 Å². The molecule has 0 radical (unpaired) electrons. The van der Waals surface area contributed by atoms with E-state index in [4.69, 9.17) is 15.2 Å². The van der Waals surface area contributed by atoms with E-state index in [1.165, 1.54) is 0 Å². The fourth-order valence-corrected chi connectivity index (χ4v) is 1.74. The first-order valence-electron chi connectivity index (χ1n) is 6.47. The fraction of sp³-hybridized carbons (Fsp3) is 0.500. The van der Waals surface area contributed by atoms with Crippen LogP contribution in [0.3, 0.4) is 0 Å². The monoisotopic (exact) mass is 266 g/mol. The Morgan fingerprint density at radius 1 is 1.37 bits per heavy atom. The fourth-order valence-electron chi connectivity index (χ4n) is 1.74. The molecule has 5 nitrogen and oxygen atoms in total. The van der Waals surface area contributed by atoms with Gasteiger partial charge in [0.15, 0.2) is 11.5 Å². The Morgan fingerprint density at radius 2 is 2.16 bits per heavy atom. The van der Waals surface area contributed by atoms with Gasteiger partial charge in [0.05, 0.1) is 20.3 Å². The third-order valence-electron chi connectivity index (χ3n) is 2.68. The maximum atomic E-state index is 11.0. The Bertz CT molecular complexity index is 408. The van der Waals surface area contributed by atoms with E-state index in [-0.39, 0.29) is 12.5 Å². The van der Waals surface area contributed by atoms with Crippen molar-refractivity contribution >= 4 is 5.91 Å². The molecule has 0 aliphatic carbocycles. The van der Waals surface area contributed by atoms with Gasteiger partial charge in [0.1, 0.15) is 0 Å². The standard InChI is InChI=1S/C14H22N2O3/c1-3-19-13-9-11(6-7-12(13)18-2)5-4-8-16-14(17)10-15/h6-7,9H,3-5,8,10,15H2,1-2H3,(H,16,17). The second-order valence-corrected chi connectivity index (χ2v) is 4.08. The van der Waals surface area contributed by atoms with Crippen LogP contribution in [-0.4, -0.2) is 32.7 Å². The predicted molar refractivity (Wildman–Crippen MR) is 74.5 cm³/mol. The summed E-state index contributed by atoms with van der Waals surface area (Å²) in [5.41, 5.74) is 6.37. The van der Waals surface area contributed by atoms with Gasteiger partial charge in [-0.3, -0.25) is 4.79 Å². The van der Waals surface area contributed by atoms with Crippen LogP contribution in [0.4, 0.5) is 0 Å². The van der Waals surface area contributed by atoms with Gasteiger partial charge in [0.25, 0.3) is 0 Å². The summed E-state index contributed by atoms with van der Waals surface area (Å²) < 4.78 is 10.7. The first-order chi connectivity index (χ1) is 9.21. The van der Waals surface area contributed by atoms with Crippen LogP contribution in [0.2, 0.25) is 0 Å². The summed E-state index contributed by atoms with van der Waals surface area (Å²) in [5, 5.41) is 2.75. The molecule has 0 saturated carbocycles. The maximum Gasteiger partial charge on any atom is 0.233 e. The van der Waals surface area contributed by atoms with Gasteiger partial charge in [-0.1, -0.05) is 6.07 Å². The summed E-state index contributed by atoms with van der Waals surface area (Å²) in [5.74, 6) is 1.38. The molecule has 19 heavy (non-hydrogen) atoms. The molecule has 0 fully saturated rings. The van der Waals surface area contributed by atoms with E-state index in [2.05, 4.69) is 5.32 Å². The largest absolute Gasteiger partial charge is 0.493 e. The molecule has 0 atom stereocenters. The third kappa shape index (κ3) is 5.18. The van der Waals surface area contributed by atoms with Crippen LogP contribution in [0.15, 0.2) is 18.2 Å². The molecule has 106 valence electrons. The molecular weight excluding hydrogens is 244 g/mol. The van der Waals surface area contributed by atoms with Crippen molar-refractivity contribution in [2.24, 2.45) is 5.73 Å². The van der Waals surface area contributed by atoms with Crippen LogP contribution in [0.5, 0.6) is 11.5 Å². The van der Waals surface area contributed by atoms with E-state index >= 15 is 0 Å². The van der Waals surface area contributed by atoms with Gasteiger partial charge in [0, 0.05) is 6.54 Å². The summed E-state index contributed by atoms with van der Waals surface area (Å²) in [7, 11) is 1.62. The normalized spacial score (nSPS) is 10.1. The zero-order valence-electron chi connectivity index (χ0n) is 11.6. The summed E-state index contributed by atoms with van der Waals surface area (Å²) >= 11 is 0. The lowest BCUT2D eigenvalue weighted by Crippen LogP contribution is -2.31. The summed E-state index contributed by atoms with van der Waals surface area (Å²) in [6.45, 7) is 3.21. The van der Waals surface area contributed by atoms with E-state index < -0.39 is 0 Å². The molecule has 0 bridgehead atoms. The Kier molecular flexibility index (Phi) is 6.74. The molecule has 0 heterocycles. The Morgan fingerprint density at radius 3 is 2.79 bits per heavy atom. The highest BCUT2D eigenvalue weighted by Crippen LogP contribution is 2.28. The summed E-state index contributed by atoms with van der Waals surface area (Å²) in [4.78, 5) is 11.0. The van der Waals surface area contributed by atoms with E-state index in [1.807, 2.05) is 25.1 Å². The molecule has 1 rings (SSSR count). The number of carbonyl (C=O) groups excluding carboxylic acids is 1. The summed E-state index contributed by atoms with van der Waals surface area (Å²) in [6, 6.07) is 5.89. The van der Waals surface area contributed by atoms with Gasteiger partial charge in [-0.05, 0) is 37.5 Å². The molecule has 1 aromatic carbocycles. The van der Waals surface area contributed by atoms with Crippen LogP contribution >= 0.6 is 0 Å². The van der Waals surface area contributed by atoms with Gasteiger partial charge in [-0.25, -0.2) is 0 Å². The van der Waals surface area contributed by atoms with Gasteiger partial charge in [0.2, 0.25) is 5.91 Å². The number of ether oxygens (including phenoxy) is 2. The molecular formula is C14H22N2O3. The lowest BCUT2D eigenvalue weighted by molar-refractivity contribution is -0.119. The molecule has 0 aliphatic rings. The van der Waals surface area contributed by atoms with Crippen molar-refractivity contribution in [2.45, 2.75) is 19.8 Å². The zero-order chi connectivity index (χ0) is 14.1. The lowest BCUT2D eigenvalue weighted by atomic mass is 10.1. The van der Waals surface area contributed by atoms with Gasteiger partial charge in [-0.2, -0.15) is 0 Å². The number of benzene rings is 1. The highest BCUT2D eigenvalue weighted by molar-refractivity contribution is 5.77. The van der Waals surface area contributed by atoms with Crippen LogP contribution in [0, 0.1) is 0 Å². The maximum absolute atomic E-state index is 11.0. The van der Waals surface area contributed by atoms with Crippen LogP contribution < -0.4 is 20.5 Å². The van der Waals surface area contributed by atoms with E-state index in [9.17, 15) is 4.79 Å². The Labute approximate surface area is 114 Å². The lowest BCUT2D eigenvalue weighted by Gasteiger charge is -2.11. The molecule has 0 spiro atoms. The van der Waals surface area contributed by atoms with Crippen LogP contribution in [0.1, 0.15) is 18.9 Å². The molecule has 5 heteroatoms. The summed E-state index contributed by atoms with van der Waals surface area (Å²) in [6.07, 6.45) is 1.73. The third-order valence-corrected chi connectivity index (χ3v) is 2.68. The first kappa shape index (κ1) is 15.3. The molecule has 0 saturated heterocycles. The SMILES string of the molecule is CCOc1cc(CCCNC(=O)CN)ccc1OC. The van der Waals surface area contributed by atoms with Crippen LogP contribution in [0.25, 0.3) is 0 Å². The van der Waals surface area contributed by atoms with Crippen molar-refractivity contribution in [1.82, 2.24) is 5.32 Å². The van der Waals surface area contributed by atoms with Crippen molar-refractivity contribution in [3.05, 3.63) is 23.8 Å². The molecule has 0 aromatic heterocycles. The quantitative estimate of drug-likeness (QED) is 0.691. The van der Waals surface area contributed by atoms with E-state index in [0.717, 1.165) is 29.9 Å². The number of carbonyl (C=O) groups is 1. The van der Waals surface area contributed by atoms with Gasteiger partial charge >= 0.3 is 0 Å². The Balaban J connectivity index is 2.49. The van der Waals surface area contributed by atoms with Gasteiger partial charge in [-0.15, -0.1) is 0 Å². The number of hydrogen-bond acceptors (Lipinski definition) is 4. The van der Waals surface area contributed by atoms with Gasteiger partial charge < -0.3 is 20.5 Å². The topological polar surface area (TPSA) is 73.6 Å². The van der Waals surface area contributed by atoms with Crippen molar-refractivity contribution in [1.29, 1.82) is 0 Å². The van der Waals surface area contributed by atoms with Crippen molar-refractivity contribution < 1.29 is 14.3 Å². The number of nitrogens with one attached hydrogen (secondary N) is 1. The van der Waals surface area contributed by atoms with Crippen molar-refractivity contribution in [3.8, 4) is 11.5 Å². The van der Waals surface area contributed by atoms with Crippen molar-refractivity contribution in [3.63, 3.8) is 0 Å². The first-order valence-corrected chi connectivity index (χ1v) is 6.47. The average molecular weight is 266 g/mol. The van der Waals surface area contributed by atoms with E-state index in [0.29, 0.717) is 13.2 Å². The highest BCUT2D eigenvalue weighted by atomic mass is 16.5. The Hall–Kier alpha value is -1.75. The second-order valence-electron chi connectivity index (χ2n) is 4.08. The second kappa shape index (κ2) is 8.37. The number of amides is 1. The molecule has 0 unspecified atom stereocenters. The number of nitrogens with two attached hydrogens (primary N) is 1. The number of hydrogen-bond donors (Lipinski definition) is 2. The smallest absolute Gasteiger partial charge is 0.233 e.